The Kier molecular flexibility index (Phi) is 1.38. The van der Waals surface area contributed by atoms with E-state index in [0.717, 1.165) is 0 Å². The molecular weight excluding hydrogens is 161 g/mol. The Morgan fingerprint density at radius 1 is 1.33 bits per heavy atom. The van der Waals surface area contributed by atoms with E-state index < -0.39 is 17.3 Å². The molecule has 68 valence electrons. The number of carbonyl (C=O) groups is 1. The van der Waals surface area contributed by atoms with Crippen LogP contribution in [0.15, 0.2) is 0 Å². The number of alkyl halides is 1. The first kappa shape index (κ1) is 7.83. The minimum absolute atomic E-state index is 0.381. The fourth-order valence-electron chi connectivity index (χ4n) is 2.53. The summed E-state index contributed by atoms with van der Waals surface area (Å²) in [5.41, 5.74) is -1.50. The van der Waals surface area contributed by atoms with Crippen LogP contribution in [0.3, 0.4) is 0 Å². The molecule has 2 bridgehead atoms. The van der Waals surface area contributed by atoms with Gasteiger partial charge in [0, 0.05) is 12.0 Å². The summed E-state index contributed by atoms with van der Waals surface area (Å²) in [6, 6.07) is 0. The van der Waals surface area contributed by atoms with Crippen LogP contribution in [0.2, 0.25) is 0 Å². The van der Waals surface area contributed by atoms with Gasteiger partial charge in [0.1, 0.15) is 5.67 Å². The summed E-state index contributed by atoms with van der Waals surface area (Å²) in [5.74, 6) is 0. The predicted molar refractivity (Wildman–Crippen MR) is 40.8 cm³/mol. The van der Waals surface area contributed by atoms with Crippen molar-refractivity contribution in [3.63, 3.8) is 0 Å². The standard InChI is InChI=1S/C8H12FNO2/c9-7-1-3-8(5-7,4-2-7)10-6(11)12/h10H,1-5H2,(H,11,12). The lowest BCUT2D eigenvalue weighted by Crippen LogP contribution is -2.44. The fraction of sp³-hybridized carbons (Fsp3) is 0.875. The Morgan fingerprint density at radius 3 is 2.25 bits per heavy atom. The number of nitrogens with one attached hydrogen (secondary N) is 1. The average Bonchev–Trinajstić information content (AvgIpc) is 2.39. The second-order valence-corrected chi connectivity index (χ2v) is 4.04. The van der Waals surface area contributed by atoms with E-state index in [9.17, 15) is 9.18 Å². The normalized spacial score (nSPS) is 44.8. The number of carboxylic acid groups (broad SMARTS) is 1. The van der Waals surface area contributed by atoms with E-state index >= 15 is 0 Å². The summed E-state index contributed by atoms with van der Waals surface area (Å²) in [5, 5.41) is 11.0. The molecular formula is C8H12FNO2. The summed E-state index contributed by atoms with van der Waals surface area (Å²) >= 11 is 0. The van der Waals surface area contributed by atoms with Crippen LogP contribution >= 0.6 is 0 Å². The van der Waals surface area contributed by atoms with Crippen LogP contribution in [-0.2, 0) is 0 Å². The summed E-state index contributed by atoms with van der Waals surface area (Å²) in [4.78, 5) is 10.4. The van der Waals surface area contributed by atoms with Crippen molar-refractivity contribution in [3.05, 3.63) is 0 Å². The third-order valence-electron chi connectivity index (χ3n) is 3.13. The third kappa shape index (κ3) is 1.06. The molecule has 2 saturated carbocycles. The van der Waals surface area contributed by atoms with Gasteiger partial charge >= 0.3 is 6.09 Å². The zero-order valence-electron chi connectivity index (χ0n) is 6.77. The van der Waals surface area contributed by atoms with E-state index in [-0.39, 0.29) is 0 Å². The van der Waals surface area contributed by atoms with Crippen LogP contribution in [0.4, 0.5) is 9.18 Å². The van der Waals surface area contributed by atoms with Crippen LogP contribution in [-0.4, -0.2) is 22.4 Å². The van der Waals surface area contributed by atoms with Gasteiger partial charge in [-0.3, -0.25) is 0 Å². The van der Waals surface area contributed by atoms with Crippen molar-refractivity contribution in [3.8, 4) is 0 Å². The van der Waals surface area contributed by atoms with E-state index in [1.165, 1.54) is 0 Å². The van der Waals surface area contributed by atoms with Gasteiger partial charge in [-0.1, -0.05) is 0 Å². The van der Waals surface area contributed by atoms with Gasteiger partial charge < -0.3 is 10.4 Å². The first-order chi connectivity index (χ1) is 5.54. The van der Waals surface area contributed by atoms with Gasteiger partial charge in [0.2, 0.25) is 0 Å². The number of hydrogen-bond donors (Lipinski definition) is 2. The Balaban J connectivity index is 2.10. The Bertz CT molecular complexity index is 221. The van der Waals surface area contributed by atoms with Crippen LogP contribution in [0, 0.1) is 0 Å². The zero-order valence-corrected chi connectivity index (χ0v) is 6.77. The second kappa shape index (κ2) is 2.12. The molecule has 0 spiro atoms. The van der Waals surface area contributed by atoms with Crippen molar-refractivity contribution in [2.24, 2.45) is 0 Å². The third-order valence-corrected chi connectivity index (χ3v) is 3.13. The van der Waals surface area contributed by atoms with Crippen LogP contribution in [0.5, 0.6) is 0 Å². The monoisotopic (exact) mass is 173 g/mol. The Morgan fingerprint density at radius 2 is 1.92 bits per heavy atom. The quantitative estimate of drug-likeness (QED) is 0.633. The molecule has 0 aromatic heterocycles. The second-order valence-electron chi connectivity index (χ2n) is 4.04. The molecule has 2 N–H and O–H groups in total. The molecule has 2 aliphatic rings. The molecule has 4 heteroatoms. The number of halogens is 1. The van der Waals surface area contributed by atoms with Crippen molar-refractivity contribution in [1.82, 2.24) is 5.32 Å². The van der Waals surface area contributed by atoms with Gasteiger partial charge in [-0.15, -0.1) is 0 Å². The van der Waals surface area contributed by atoms with E-state index in [1.54, 1.807) is 0 Å². The lowest BCUT2D eigenvalue weighted by atomic mass is 9.93. The first-order valence-corrected chi connectivity index (χ1v) is 4.24. The lowest BCUT2D eigenvalue weighted by molar-refractivity contribution is 0.173. The fourth-order valence-corrected chi connectivity index (χ4v) is 2.53. The van der Waals surface area contributed by atoms with Crippen LogP contribution in [0.1, 0.15) is 32.1 Å². The van der Waals surface area contributed by atoms with Crippen LogP contribution in [0.25, 0.3) is 0 Å². The SMILES string of the molecule is O=C(O)NC12CCC(F)(CC1)C2. The van der Waals surface area contributed by atoms with Crippen molar-refractivity contribution >= 4 is 6.09 Å². The molecule has 0 atom stereocenters. The Labute approximate surface area is 70.0 Å². The minimum atomic E-state index is -1.07. The molecule has 0 aromatic carbocycles. The number of fused-ring (bicyclic) bond motifs is 2. The van der Waals surface area contributed by atoms with Crippen molar-refractivity contribution in [2.45, 2.75) is 43.3 Å². The molecule has 0 saturated heterocycles. The molecule has 2 rings (SSSR count). The Hall–Kier alpha value is -0.800. The topological polar surface area (TPSA) is 49.3 Å². The van der Waals surface area contributed by atoms with Gasteiger partial charge in [-0.25, -0.2) is 9.18 Å². The molecule has 0 unspecified atom stereocenters. The van der Waals surface area contributed by atoms with E-state index in [0.29, 0.717) is 32.1 Å². The van der Waals surface area contributed by atoms with Crippen LogP contribution < -0.4 is 5.32 Å². The van der Waals surface area contributed by atoms with Crippen molar-refractivity contribution in [2.75, 3.05) is 0 Å². The highest BCUT2D eigenvalue weighted by Crippen LogP contribution is 2.52. The maximum absolute atomic E-state index is 13.5. The molecule has 12 heavy (non-hydrogen) atoms. The molecule has 0 heterocycles. The highest BCUT2D eigenvalue weighted by atomic mass is 19.1. The van der Waals surface area contributed by atoms with E-state index in [2.05, 4.69) is 5.32 Å². The number of rotatable bonds is 1. The predicted octanol–water partition coefficient (Wildman–Crippen LogP) is 1.68. The van der Waals surface area contributed by atoms with Crippen molar-refractivity contribution in [1.29, 1.82) is 0 Å². The maximum Gasteiger partial charge on any atom is 0.405 e. The van der Waals surface area contributed by atoms with Crippen molar-refractivity contribution < 1.29 is 14.3 Å². The highest BCUT2D eigenvalue weighted by Gasteiger charge is 2.55. The maximum atomic E-state index is 13.5. The summed E-state index contributed by atoms with van der Waals surface area (Å²) < 4.78 is 13.5. The smallest absolute Gasteiger partial charge is 0.405 e. The molecule has 3 nitrogen and oxygen atoms in total. The van der Waals surface area contributed by atoms with Gasteiger partial charge in [0.05, 0.1) is 0 Å². The van der Waals surface area contributed by atoms with E-state index in [1.807, 2.05) is 0 Å². The highest BCUT2D eigenvalue weighted by molar-refractivity contribution is 5.66. The number of amides is 1. The largest absolute Gasteiger partial charge is 0.465 e. The van der Waals surface area contributed by atoms with E-state index in [4.69, 9.17) is 5.11 Å². The molecule has 0 radical (unpaired) electrons. The summed E-state index contributed by atoms with van der Waals surface area (Å²) in [7, 11) is 0. The lowest BCUT2D eigenvalue weighted by Gasteiger charge is -2.25. The van der Waals surface area contributed by atoms with Gasteiger partial charge in [-0.05, 0) is 25.7 Å². The molecule has 1 amide bonds. The molecule has 2 aliphatic carbocycles. The minimum Gasteiger partial charge on any atom is -0.465 e. The average molecular weight is 173 g/mol. The zero-order chi connectivity index (χ0) is 8.82. The first-order valence-electron chi connectivity index (χ1n) is 4.24. The van der Waals surface area contributed by atoms with Gasteiger partial charge in [0.25, 0.3) is 0 Å². The number of hydrogen-bond acceptors (Lipinski definition) is 1. The molecule has 0 aliphatic heterocycles. The summed E-state index contributed by atoms with van der Waals surface area (Å²) in [6.07, 6.45) is 1.72. The van der Waals surface area contributed by atoms with Gasteiger partial charge in [0.15, 0.2) is 0 Å². The summed E-state index contributed by atoms with van der Waals surface area (Å²) in [6.45, 7) is 0. The molecule has 0 aromatic rings. The van der Waals surface area contributed by atoms with Gasteiger partial charge in [-0.2, -0.15) is 0 Å². The molecule has 2 fully saturated rings.